The maximum atomic E-state index is 9.55. The average Bonchev–Trinajstić information content (AvgIpc) is 3.93. The molecule has 3 saturated heterocycles. The summed E-state index contributed by atoms with van der Waals surface area (Å²) in [6.45, 7) is 13.5. The summed E-state index contributed by atoms with van der Waals surface area (Å²) in [4.78, 5) is 0. The zero-order chi connectivity index (χ0) is 33.4. The van der Waals surface area contributed by atoms with Crippen LogP contribution in [0.15, 0.2) is 46.6 Å². The van der Waals surface area contributed by atoms with Crippen molar-refractivity contribution in [3.05, 3.63) is 46.6 Å². The monoisotopic (exact) mass is 758 g/mol. The van der Waals surface area contributed by atoms with E-state index in [-0.39, 0.29) is 96.0 Å². The Morgan fingerprint density at radius 1 is 0.620 bits per heavy atom. The number of epoxide rings is 3. The van der Waals surface area contributed by atoms with Gasteiger partial charge in [0, 0.05) is 10.8 Å². The van der Waals surface area contributed by atoms with Crippen molar-refractivity contribution in [2.75, 3.05) is 38.9 Å². The molecule has 0 saturated carbocycles. The van der Waals surface area contributed by atoms with E-state index in [0.717, 1.165) is 110 Å². The largest absolute Gasteiger partial charge is 1.00 e. The molecule has 0 aromatic heterocycles. The van der Waals surface area contributed by atoms with Crippen LogP contribution < -0.4 is 71.5 Å². The molecule has 11 heteroatoms. The second-order valence-corrected chi connectivity index (χ2v) is 15.8. The van der Waals surface area contributed by atoms with E-state index in [2.05, 4.69) is 52.0 Å². The number of halogens is 2. The summed E-state index contributed by atoms with van der Waals surface area (Å²) in [6, 6.07) is 0. The molecule has 0 bridgehead atoms. The zero-order valence-electron chi connectivity index (χ0n) is 32.8. The molecule has 3 fully saturated rings. The van der Waals surface area contributed by atoms with Gasteiger partial charge < -0.3 is 47.7 Å². The third kappa shape index (κ3) is 15.4. The number of rotatable bonds is 11. The van der Waals surface area contributed by atoms with Crippen molar-refractivity contribution in [2.24, 2.45) is 10.8 Å². The molecular formula is C39H62Cl2Na2O7. The molecule has 0 aromatic rings. The zero-order valence-corrected chi connectivity index (χ0v) is 37.3. The minimum Gasteiger partial charge on any atom is -1.00 e. The van der Waals surface area contributed by atoms with E-state index < -0.39 is 0 Å². The van der Waals surface area contributed by atoms with Gasteiger partial charge in [-0.05, 0) is 77.0 Å². The first-order chi connectivity index (χ1) is 22.5. The second-order valence-electron chi connectivity index (χ2n) is 15.5. The van der Waals surface area contributed by atoms with Crippen LogP contribution in [0, 0.1) is 10.8 Å². The van der Waals surface area contributed by atoms with Gasteiger partial charge in [-0.25, -0.2) is 0 Å². The number of hydrogen-bond donors (Lipinski definition) is 2. The van der Waals surface area contributed by atoms with Crippen LogP contribution in [-0.4, -0.2) is 91.9 Å². The molecular weight excluding hydrogens is 697 g/mol. The molecule has 7 unspecified atom stereocenters. The topological polar surface area (TPSA) is 96.5 Å². The predicted octanol–water partition coefficient (Wildman–Crippen LogP) is -1.50. The molecule has 7 aliphatic rings. The van der Waals surface area contributed by atoms with Crippen LogP contribution in [0.3, 0.4) is 0 Å². The van der Waals surface area contributed by atoms with Crippen molar-refractivity contribution < 1.29 is 107 Å². The molecule has 0 spiro atoms. The van der Waals surface area contributed by atoms with Gasteiger partial charge in [-0.15, -0.1) is 11.6 Å². The van der Waals surface area contributed by atoms with Crippen molar-refractivity contribution in [1.29, 1.82) is 0 Å². The molecule has 3 aliphatic heterocycles. The van der Waals surface area contributed by atoms with Crippen LogP contribution in [0.4, 0.5) is 0 Å². The van der Waals surface area contributed by atoms with Crippen LogP contribution in [0.2, 0.25) is 0 Å². The van der Waals surface area contributed by atoms with Gasteiger partial charge in [-0.2, -0.15) is 0 Å². The van der Waals surface area contributed by atoms with Crippen LogP contribution in [0.25, 0.3) is 0 Å². The third-order valence-corrected chi connectivity index (χ3v) is 11.5. The molecule has 50 heavy (non-hydrogen) atoms. The minimum atomic E-state index is -0.142. The molecule has 4 aliphatic carbocycles. The van der Waals surface area contributed by atoms with E-state index in [1.165, 1.54) is 11.1 Å². The first-order valence-corrected chi connectivity index (χ1v) is 18.9. The first kappa shape index (κ1) is 47.4. The van der Waals surface area contributed by atoms with Gasteiger partial charge in [0.2, 0.25) is 0 Å². The Balaban J connectivity index is 0.000000437. The van der Waals surface area contributed by atoms with Gasteiger partial charge in [-0.3, -0.25) is 0 Å². The number of ether oxygens (including phenoxy) is 5. The van der Waals surface area contributed by atoms with Crippen LogP contribution in [0.1, 0.15) is 106 Å². The second kappa shape index (κ2) is 22.7. The van der Waals surface area contributed by atoms with Crippen molar-refractivity contribution in [2.45, 2.75) is 147 Å². The van der Waals surface area contributed by atoms with E-state index in [1.807, 2.05) is 0 Å². The van der Waals surface area contributed by atoms with E-state index in [4.69, 9.17) is 35.3 Å². The summed E-state index contributed by atoms with van der Waals surface area (Å²) in [6.07, 6.45) is 23.0. The van der Waals surface area contributed by atoms with Gasteiger partial charge in [0.25, 0.3) is 0 Å². The number of aliphatic hydroxyl groups excluding tert-OH is 2. The molecule has 0 amide bonds. The number of allylic oxidation sites excluding steroid dienone is 4. The van der Waals surface area contributed by atoms with Crippen molar-refractivity contribution in [3.8, 4) is 0 Å². The van der Waals surface area contributed by atoms with Crippen LogP contribution in [0.5, 0.6) is 0 Å². The number of alkyl halides is 1. The van der Waals surface area contributed by atoms with E-state index in [1.54, 1.807) is 11.1 Å². The van der Waals surface area contributed by atoms with Gasteiger partial charge in [0.15, 0.2) is 0 Å². The molecule has 0 radical (unpaired) electrons. The summed E-state index contributed by atoms with van der Waals surface area (Å²) in [5, 5.41) is 19.1. The number of aliphatic hydroxyl groups is 2. The molecule has 7 atom stereocenters. The Morgan fingerprint density at radius 2 is 0.940 bits per heavy atom. The van der Waals surface area contributed by atoms with Crippen molar-refractivity contribution in [3.63, 3.8) is 0 Å². The SMILES string of the molecule is CC(C)(C1=CCC(O)CC1)C1=CCC(O)CC1.CC(C)(C1=CCC(OCC2CO2)CC1)C1=CCC(OCC2CO2)CC1.ClCC1CO1.[Cl-].[H-].[Na+].[Na+]. The summed E-state index contributed by atoms with van der Waals surface area (Å²) in [5.74, 6) is 0.667. The van der Waals surface area contributed by atoms with Crippen LogP contribution >= 0.6 is 11.6 Å². The molecule has 276 valence electrons. The van der Waals surface area contributed by atoms with Crippen molar-refractivity contribution in [1.82, 2.24) is 0 Å². The Labute approximate surface area is 359 Å². The summed E-state index contributed by atoms with van der Waals surface area (Å²) in [5.41, 5.74) is 6.39. The van der Waals surface area contributed by atoms with Gasteiger partial charge in [-0.1, -0.05) is 74.3 Å². The molecule has 3 heterocycles. The summed E-state index contributed by atoms with van der Waals surface area (Å²) < 4.78 is 27.1. The van der Waals surface area contributed by atoms with Gasteiger partial charge in [0.05, 0.1) is 69.4 Å². The Bertz CT molecular complexity index is 1070. The Kier molecular flexibility index (Phi) is 21.5. The normalized spacial score (nSPS) is 31.5. The molecule has 2 N–H and O–H groups in total. The number of hydrogen-bond acceptors (Lipinski definition) is 7. The van der Waals surface area contributed by atoms with Gasteiger partial charge >= 0.3 is 59.1 Å². The van der Waals surface area contributed by atoms with E-state index in [9.17, 15) is 10.2 Å². The first-order valence-electron chi connectivity index (χ1n) is 18.3. The van der Waals surface area contributed by atoms with E-state index >= 15 is 0 Å². The summed E-state index contributed by atoms with van der Waals surface area (Å²) >= 11 is 5.27. The molecule has 7 rings (SSSR count). The quantitative estimate of drug-likeness (QED) is 0.115. The average molecular weight is 760 g/mol. The fourth-order valence-electron chi connectivity index (χ4n) is 7.22. The standard InChI is InChI=1S/C21H32O4.C15H24O2.C3H5ClO.ClH.2Na.H/c1-21(2,15-3-7-17(8-4-15)22-11-19-13-24-19)16-5-9-18(10-6-16)23-12-20-14-25-20;1-15(2,11-3-7-13(16)8-4-11)12-5-9-14(17)10-6-12;4-1-3-2-5-3;;;;/h3,5,17-20H,4,6-14H2,1-2H3;3,5,13-14,16-17H,4,6-10H2,1-2H3;3H,1-2H2;1H;;;/q;;;;2*+1;-1/p-1. The summed E-state index contributed by atoms with van der Waals surface area (Å²) in [7, 11) is 0. The Morgan fingerprint density at radius 3 is 1.16 bits per heavy atom. The molecule has 7 nitrogen and oxygen atoms in total. The maximum absolute atomic E-state index is 9.55. The maximum Gasteiger partial charge on any atom is 1.00 e. The van der Waals surface area contributed by atoms with Crippen molar-refractivity contribution >= 4 is 11.6 Å². The minimum absolute atomic E-state index is 0. The smallest absolute Gasteiger partial charge is 1.00 e. The van der Waals surface area contributed by atoms with E-state index in [0.29, 0.717) is 36.4 Å². The van der Waals surface area contributed by atoms with Gasteiger partial charge in [0.1, 0.15) is 12.2 Å². The third-order valence-electron chi connectivity index (χ3n) is 11.1. The predicted molar refractivity (Wildman–Crippen MR) is 188 cm³/mol. The van der Waals surface area contributed by atoms with Crippen LogP contribution in [-0.2, 0) is 23.7 Å². The fourth-order valence-corrected chi connectivity index (χ4v) is 7.40. The fraction of sp³-hybridized carbons (Fsp3) is 0.795. The molecule has 0 aromatic carbocycles. The Hall–Kier alpha value is 1.26.